The monoisotopic (exact) mass is 296 g/mol. The Kier molecular flexibility index (Phi) is 4.94. The van der Waals surface area contributed by atoms with Gasteiger partial charge in [-0.2, -0.15) is 0 Å². The van der Waals surface area contributed by atoms with Gasteiger partial charge in [-0.1, -0.05) is 47.5 Å². The standard InChI is InChI=1S/C18H20N2O2/c1-12-8-13(2)10-15(9-12)18(22)20-16(17(19)21)11-14-6-4-3-5-7-14/h3-10,16H,11H2,1-2H3,(H2,19,21)(H,20,22)/t16-/m1/s1. The third-order valence-electron chi connectivity index (χ3n) is 3.42. The van der Waals surface area contributed by atoms with Crippen LogP contribution in [0.1, 0.15) is 27.0 Å². The Morgan fingerprint density at radius 1 is 1.05 bits per heavy atom. The van der Waals surface area contributed by atoms with Crippen LogP contribution in [0.15, 0.2) is 48.5 Å². The normalized spacial score (nSPS) is 11.7. The van der Waals surface area contributed by atoms with Crippen LogP contribution in [-0.4, -0.2) is 17.9 Å². The van der Waals surface area contributed by atoms with Crippen molar-refractivity contribution in [2.75, 3.05) is 0 Å². The largest absolute Gasteiger partial charge is 0.368 e. The predicted molar refractivity (Wildman–Crippen MR) is 86.5 cm³/mol. The molecule has 0 aliphatic heterocycles. The number of aryl methyl sites for hydroxylation is 2. The van der Waals surface area contributed by atoms with Crippen molar-refractivity contribution >= 4 is 11.8 Å². The van der Waals surface area contributed by atoms with E-state index in [4.69, 9.17) is 5.73 Å². The first kappa shape index (κ1) is 15.8. The third kappa shape index (κ3) is 4.19. The molecule has 0 unspecified atom stereocenters. The lowest BCUT2D eigenvalue weighted by Gasteiger charge is -2.16. The summed E-state index contributed by atoms with van der Waals surface area (Å²) < 4.78 is 0. The second kappa shape index (κ2) is 6.89. The molecule has 0 heterocycles. The van der Waals surface area contributed by atoms with Gasteiger partial charge in [-0.15, -0.1) is 0 Å². The summed E-state index contributed by atoms with van der Waals surface area (Å²) in [6.07, 6.45) is 0.382. The Bertz CT molecular complexity index is 660. The summed E-state index contributed by atoms with van der Waals surface area (Å²) >= 11 is 0. The minimum atomic E-state index is -0.726. The number of hydrogen-bond acceptors (Lipinski definition) is 2. The fraction of sp³-hybridized carbons (Fsp3) is 0.222. The summed E-state index contributed by atoms with van der Waals surface area (Å²) in [5, 5.41) is 2.72. The second-order valence-electron chi connectivity index (χ2n) is 5.49. The van der Waals surface area contributed by atoms with Crippen LogP contribution in [0.4, 0.5) is 0 Å². The van der Waals surface area contributed by atoms with Crippen molar-refractivity contribution in [2.45, 2.75) is 26.3 Å². The van der Waals surface area contributed by atoms with Gasteiger partial charge in [-0.3, -0.25) is 9.59 Å². The fourth-order valence-electron chi connectivity index (χ4n) is 2.42. The zero-order chi connectivity index (χ0) is 16.1. The summed E-state index contributed by atoms with van der Waals surface area (Å²) in [5.74, 6) is -0.826. The van der Waals surface area contributed by atoms with Gasteiger partial charge in [0.25, 0.3) is 5.91 Å². The molecule has 114 valence electrons. The molecular formula is C18H20N2O2. The maximum Gasteiger partial charge on any atom is 0.251 e. The number of benzene rings is 2. The van der Waals surface area contributed by atoms with Crippen LogP contribution in [-0.2, 0) is 11.2 Å². The lowest BCUT2D eigenvalue weighted by Crippen LogP contribution is -2.45. The molecule has 2 aromatic rings. The van der Waals surface area contributed by atoms with Gasteiger partial charge in [0.1, 0.15) is 6.04 Å². The van der Waals surface area contributed by atoms with Crippen molar-refractivity contribution in [1.29, 1.82) is 0 Å². The number of nitrogens with two attached hydrogens (primary N) is 1. The van der Waals surface area contributed by atoms with E-state index in [9.17, 15) is 9.59 Å². The van der Waals surface area contributed by atoms with Gasteiger partial charge < -0.3 is 11.1 Å². The molecule has 2 aromatic carbocycles. The maximum atomic E-state index is 12.3. The second-order valence-corrected chi connectivity index (χ2v) is 5.49. The summed E-state index contributed by atoms with van der Waals surface area (Å²) in [6.45, 7) is 3.86. The van der Waals surface area contributed by atoms with E-state index in [1.54, 1.807) is 12.1 Å². The lowest BCUT2D eigenvalue weighted by molar-refractivity contribution is -0.119. The van der Waals surface area contributed by atoms with Crippen molar-refractivity contribution in [3.8, 4) is 0 Å². The highest BCUT2D eigenvalue weighted by molar-refractivity contribution is 5.97. The number of primary amides is 1. The van der Waals surface area contributed by atoms with Gasteiger partial charge in [0.2, 0.25) is 5.91 Å². The van der Waals surface area contributed by atoms with Crippen molar-refractivity contribution < 1.29 is 9.59 Å². The predicted octanol–water partition coefficient (Wildman–Crippen LogP) is 2.13. The molecule has 2 rings (SSSR count). The van der Waals surface area contributed by atoms with Crippen LogP contribution >= 0.6 is 0 Å². The number of nitrogens with one attached hydrogen (secondary N) is 1. The number of carbonyl (C=O) groups excluding carboxylic acids is 2. The van der Waals surface area contributed by atoms with E-state index < -0.39 is 11.9 Å². The van der Waals surface area contributed by atoms with Gasteiger partial charge in [0.05, 0.1) is 0 Å². The number of amides is 2. The minimum Gasteiger partial charge on any atom is -0.368 e. The Hall–Kier alpha value is -2.62. The molecule has 22 heavy (non-hydrogen) atoms. The van der Waals surface area contributed by atoms with Crippen molar-refractivity contribution in [2.24, 2.45) is 5.73 Å². The van der Waals surface area contributed by atoms with Gasteiger partial charge in [-0.05, 0) is 31.5 Å². The Labute approximate surface area is 130 Å². The molecule has 0 aliphatic carbocycles. The lowest BCUT2D eigenvalue weighted by atomic mass is 10.0. The highest BCUT2D eigenvalue weighted by Gasteiger charge is 2.19. The molecule has 4 heteroatoms. The van der Waals surface area contributed by atoms with Gasteiger partial charge >= 0.3 is 0 Å². The average molecular weight is 296 g/mol. The molecule has 0 spiro atoms. The van der Waals surface area contributed by atoms with E-state index in [0.717, 1.165) is 16.7 Å². The SMILES string of the molecule is Cc1cc(C)cc(C(=O)N[C@H](Cc2ccccc2)C(N)=O)c1. The first-order valence-electron chi connectivity index (χ1n) is 7.18. The smallest absolute Gasteiger partial charge is 0.251 e. The molecule has 0 aromatic heterocycles. The van der Waals surface area contributed by atoms with Crippen LogP contribution < -0.4 is 11.1 Å². The van der Waals surface area contributed by atoms with Crippen LogP contribution in [0.5, 0.6) is 0 Å². The van der Waals surface area contributed by atoms with Crippen LogP contribution in [0, 0.1) is 13.8 Å². The van der Waals surface area contributed by atoms with E-state index in [1.807, 2.05) is 50.2 Å². The van der Waals surface area contributed by atoms with E-state index in [2.05, 4.69) is 5.32 Å². The van der Waals surface area contributed by atoms with Gasteiger partial charge in [0, 0.05) is 12.0 Å². The van der Waals surface area contributed by atoms with Crippen molar-refractivity contribution in [1.82, 2.24) is 5.32 Å². The topological polar surface area (TPSA) is 72.2 Å². The molecule has 0 bridgehead atoms. The summed E-state index contributed by atoms with van der Waals surface area (Å²) in [5.41, 5.74) is 8.91. The highest BCUT2D eigenvalue weighted by atomic mass is 16.2. The average Bonchev–Trinajstić information content (AvgIpc) is 2.46. The van der Waals surface area contributed by atoms with E-state index in [0.29, 0.717) is 12.0 Å². The quantitative estimate of drug-likeness (QED) is 0.887. The molecule has 3 N–H and O–H groups in total. The summed E-state index contributed by atoms with van der Waals surface area (Å²) in [4.78, 5) is 23.9. The molecule has 0 saturated heterocycles. The van der Waals surface area contributed by atoms with Crippen LogP contribution in [0.3, 0.4) is 0 Å². The first-order valence-corrected chi connectivity index (χ1v) is 7.18. The molecule has 4 nitrogen and oxygen atoms in total. The Balaban J connectivity index is 2.13. The summed E-state index contributed by atoms with van der Waals surface area (Å²) in [7, 11) is 0. The molecule has 0 fully saturated rings. The van der Waals surface area contributed by atoms with Gasteiger partial charge in [0.15, 0.2) is 0 Å². The number of rotatable bonds is 5. The zero-order valence-corrected chi connectivity index (χ0v) is 12.8. The van der Waals surface area contributed by atoms with Crippen molar-refractivity contribution in [3.63, 3.8) is 0 Å². The first-order chi connectivity index (χ1) is 10.5. The highest BCUT2D eigenvalue weighted by Crippen LogP contribution is 2.10. The maximum absolute atomic E-state index is 12.3. The van der Waals surface area contributed by atoms with Crippen LogP contribution in [0.2, 0.25) is 0 Å². The number of hydrogen-bond donors (Lipinski definition) is 2. The zero-order valence-electron chi connectivity index (χ0n) is 12.8. The van der Waals surface area contributed by atoms with Crippen LogP contribution in [0.25, 0.3) is 0 Å². The molecule has 0 aliphatic rings. The van der Waals surface area contributed by atoms with Gasteiger partial charge in [-0.25, -0.2) is 0 Å². The molecule has 1 atom stereocenters. The van der Waals surface area contributed by atoms with E-state index in [-0.39, 0.29) is 5.91 Å². The molecule has 0 radical (unpaired) electrons. The Morgan fingerprint density at radius 3 is 2.18 bits per heavy atom. The molecule has 2 amide bonds. The summed E-state index contributed by atoms with van der Waals surface area (Å²) in [6, 6.07) is 14.3. The molecular weight excluding hydrogens is 276 g/mol. The van der Waals surface area contributed by atoms with E-state index >= 15 is 0 Å². The molecule has 0 saturated carbocycles. The minimum absolute atomic E-state index is 0.286. The van der Waals surface area contributed by atoms with E-state index in [1.165, 1.54) is 0 Å². The Morgan fingerprint density at radius 2 is 1.64 bits per heavy atom. The number of carbonyl (C=O) groups is 2. The third-order valence-corrected chi connectivity index (χ3v) is 3.42. The van der Waals surface area contributed by atoms with Crippen molar-refractivity contribution in [3.05, 3.63) is 70.8 Å². The fourth-order valence-corrected chi connectivity index (χ4v) is 2.42.